The summed E-state index contributed by atoms with van der Waals surface area (Å²) in [5.41, 5.74) is -2.81. The molecule has 26 nitrogen and oxygen atoms in total. The van der Waals surface area contributed by atoms with Crippen molar-refractivity contribution >= 4 is 5.97 Å². The monoisotopic (exact) mass is 1220 g/mol. The van der Waals surface area contributed by atoms with Gasteiger partial charge in [-0.2, -0.15) is 0 Å². The highest BCUT2D eigenvalue weighted by Gasteiger charge is 2.72. The van der Waals surface area contributed by atoms with E-state index in [1.807, 2.05) is 0 Å². The van der Waals surface area contributed by atoms with Gasteiger partial charge >= 0.3 is 5.97 Å². The summed E-state index contributed by atoms with van der Waals surface area (Å²) in [7, 11) is 0. The van der Waals surface area contributed by atoms with Crippen LogP contribution in [0.1, 0.15) is 120 Å². The van der Waals surface area contributed by atoms with Crippen molar-refractivity contribution in [3.8, 4) is 0 Å². The molecule has 33 atom stereocenters. The van der Waals surface area contributed by atoms with Crippen LogP contribution >= 0.6 is 0 Å². The van der Waals surface area contributed by atoms with Gasteiger partial charge in [0.2, 0.25) is 6.29 Å². The lowest BCUT2D eigenvalue weighted by molar-refractivity contribution is -0.388. The van der Waals surface area contributed by atoms with E-state index < -0.39 is 213 Å². The first-order valence-corrected chi connectivity index (χ1v) is 30.6. The van der Waals surface area contributed by atoms with E-state index in [2.05, 4.69) is 54.5 Å². The third kappa shape index (κ3) is 10.9. The lowest BCUT2D eigenvalue weighted by Crippen LogP contribution is -2.69. The van der Waals surface area contributed by atoms with Crippen LogP contribution in [0.4, 0.5) is 0 Å². The predicted octanol–water partition coefficient (Wildman–Crippen LogP) is -2.55. The highest BCUT2D eigenvalue weighted by atomic mass is 16.8. The van der Waals surface area contributed by atoms with Gasteiger partial charge in [-0.3, -0.25) is 4.79 Å². The van der Waals surface area contributed by atoms with Crippen LogP contribution in [0.5, 0.6) is 0 Å². The van der Waals surface area contributed by atoms with Crippen molar-refractivity contribution in [2.45, 2.75) is 280 Å². The SMILES string of the molecule is C[C@@H]1O[C@H](O[C@@H]2[C@@H](O)[C@H](O[C@H]3CC[C@]4(C)[C@H]5CC=C6[C@@H]7CC(C)(C)CC[C@]7(C(=O)O[C@@H]7O[C@H](CO)[C@@H](O)[C@H](O)[C@H]7O[C@H]7O[C@@H](C)[C@H](O)[C@@H](O)[C@H]7O)[C@H](O)C[C@@]6(C)[C@]5(C)CC[C@H]4C3(C)C)O[C@H](CO)[C@H]2O[C@@H]2OC[C@@H](O)[C@H](O)[C@H]2O)[C@H](O)[C@H](O)[C@H]1O. The van der Waals surface area contributed by atoms with Crippen LogP contribution in [0.2, 0.25) is 0 Å². The molecule has 10 rings (SSSR count). The smallest absolute Gasteiger partial charge is 0.317 e. The number of hydrogen-bond acceptors (Lipinski definition) is 26. The van der Waals surface area contributed by atoms with Crippen LogP contribution in [0.3, 0.4) is 0 Å². The molecule has 0 aromatic carbocycles. The van der Waals surface area contributed by atoms with E-state index in [-0.39, 0.29) is 35.5 Å². The van der Waals surface area contributed by atoms with Gasteiger partial charge in [0.1, 0.15) is 103 Å². The van der Waals surface area contributed by atoms with E-state index in [9.17, 15) is 76.6 Å². The third-order valence-corrected chi connectivity index (χ3v) is 23.1. The fraction of sp³-hybridized carbons (Fsp3) is 0.949. The van der Waals surface area contributed by atoms with E-state index >= 15 is 4.79 Å². The number of fused-ring (bicyclic) bond motifs is 7. The molecule has 4 saturated carbocycles. The molecule has 5 aliphatic heterocycles. The highest BCUT2D eigenvalue weighted by Crippen LogP contribution is 2.76. The lowest BCUT2D eigenvalue weighted by atomic mass is 9.33. The molecule has 5 heterocycles. The molecule has 5 saturated heterocycles. The van der Waals surface area contributed by atoms with Crippen molar-refractivity contribution in [2.75, 3.05) is 19.8 Å². The normalized spacial score (nSPS) is 55.0. The molecule has 5 aliphatic carbocycles. The Labute approximate surface area is 494 Å². The molecule has 26 heteroatoms. The number of aliphatic hydroxyl groups is 15. The van der Waals surface area contributed by atoms with E-state index in [1.54, 1.807) is 0 Å². The molecule has 0 unspecified atom stereocenters. The van der Waals surface area contributed by atoms with Crippen molar-refractivity contribution in [1.82, 2.24) is 0 Å². The van der Waals surface area contributed by atoms with Gasteiger partial charge in [0.15, 0.2) is 31.3 Å². The third-order valence-electron chi connectivity index (χ3n) is 23.1. The molecule has 0 radical (unpaired) electrons. The van der Waals surface area contributed by atoms with Gasteiger partial charge in [0.25, 0.3) is 0 Å². The maximum atomic E-state index is 15.4. The molecule has 0 aromatic heterocycles. The van der Waals surface area contributed by atoms with Crippen molar-refractivity contribution in [3.63, 3.8) is 0 Å². The molecule has 0 bridgehead atoms. The minimum absolute atomic E-state index is 0.00918. The number of carbonyl (C=O) groups is 1. The Hall–Kier alpha value is -1.75. The number of esters is 1. The molecule has 9 fully saturated rings. The molecule has 15 N–H and O–H groups in total. The van der Waals surface area contributed by atoms with Gasteiger partial charge in [-0.25, -0.2) is 0 Å². The van der Waals surface area contributed by atoms with E-state index in [4.69, 9.17) is 47.4 Å². The van der Waals surface area contributed by atoms with Crippen molar-refractivity contribution in [2.24, 2.45) is 50.2 Å². The Morgan fingerprint density at radius 3 is 1.72 bits per heavy atom. The number of rotatable bonds is 12. The fourth-order valence-electron chi connectivity index (χ4n) is 17.7. The first-order valence-electron chi connectivity index (χ1n) is 30.6. The van der Waals surface area contributed by atoms with Gasteiger partial charge in [0.05, 0.1) is 44.2 Å². The fourth-order valence-corrected chi connectivity index (χ4v) is 17.7. The Balaban J connectivity index is 0.903. The maximum Gasteiger partial charge on any atom is 0.317 e. The largest absolute Gasteiger partial charge is 0.432 e. The summed E-state index contributed by atoms with van der Waals surface area (Å²) in [5.74, 6) is -1.31. The summed E-state index contributed by atoms with van der Waals surface area (Å²) in [6.07, 6.45) is -33.2. The zero-order valence-corrected chi connectivity index (χ0v) is 50.0. The molecule has 0 spiro atoms. The topological polar surface area (TPSA) is 413 Å². The molecule has 10 aliphatic rings. The summed E-state index contributed by atoms with van der Waals surface area (Å²) in [6, 6.07) is 0. The van der Waals surface area contributed by atoms with E-state index in [0.717, 1.165) is 12.0 Å². The quantitative estimate of drug-likeness (QED) is 0.0544. The maximum absolute atomic E-state index is 15.4. The standard InChI is InChI=1S/C59H96O26/c1-23-34(64)38(68)42(72)49(77-23)83-46-44(74)51(80-29(21-61)45(46)82-48-41(71)36(66)27(62)22-76-48)81-33-13-14-56(7)30(55(33,5)6)12-15-57(8)31(56)11-10-25-26-18-54(3,4)16-17-59(26,32(63)19-58(25,57)9)53(75)85-52-47(40(70)37(67)28(20-60)79-52)84-50-43(73)39(69)35(65)24(2)78-50/h10,23-24,26-52,60-74H,11-22H2,1-9H3/t23-,24-,26-,27+,28+,29+,30-,31+,32+,33-,34-,35-,36-,37+,38+,39+,40-,41+,42+,43+,44+,45+,46+,47+,48-,49+,50+,51-,52-,56-,57+,58+,59+/m0/s1. The minimum Gasteiger partial charge on any atom is -0.432 e. The second-order valence-electron chi connectivity index (χ2n) is 28.7. The number of hydrogen-bond donors (Lipinski definition) is 15. The first kappa shape index (κ1) is 66.2. The van der Waals surface area contributed by atoms with Crippen LogP contribution in [-0.4, -0.2) is 262 Å². The summed E-state index contributed by atoms with van der Waals surface area (Å²) in [5, 5.41) is 165. The van der Waals surface area contributed by atoms with Crippen molar-refractivity contribution in [1.29, 1.82) is 0 Å². The Morgan fingerprint density at radius 1 is 0.541 bits per heavy atom. The number of allylic oxidation sites excluding steroid dienone is 2. The number of carbonyl (C=O) groups excluding carboxylic acids is 1. The molecule has 85 heavy (non-hydrogen) atoms. The van der Waals surface area contributed by atoms with Crippen molar-refractivity contribution in [3.05, 3.63) is 11.6 Å². The highest BCUT2D eigenvalue weighted by molar-refractivity contribution is 5.80. The summed E-state index contributed by atoms with van der Waals surface area (Å²) in [6.45, 7) is 16.2. The van der Waals surface area contributed by atoms with Gasteiger partial charge in [-0.05, 0) is 116 Å². The Kier molecular flexibility index (Phi) is 18.7. The van der Waals surface area contributed by atoms with E-state index in [1.165, 1.54) is 13.8 Å². The number of aliphatic hydroxyl groups excluding tert-OH is 15. The Morgan fingerprint density at radius 2 is 1.11 bits per heavy atom. The van der Waals surface area contributed by atoms with Gasteiger partial charge in [-0.15, -0.1) is 0 Å². The van der Waals surface area contributed by atoms with Gasteiger partial charge in [0, 0.05) is 0 Å². The molecule has 0 amide bonds. The number of ether oxygens (including phenoxy) is 10. The molecule has 0 aromatic rings. The Bertz CT molecular complexity index is 2380. The molecule has 488 valence electrons. The second kappa shape index (κ2) is 24.1. The van der Waals surface area contributed by atoms with E-state index in [0.29, 0.717) is 38.5 Å². The van der Waals surface area contributed by atoms with Crippen LogP contribution in [0, 0.1) is 50.2 Å². The zero-order valence-electron chi connectivity index (χ0n) is 50.0. The zero-order chi connectivity index (χ0) is 62.2. The van der Waals surface area contributed by atoms with Crippen LogP contribution in [-0.2, 0) is 52.2 Å². The first-order chi connectivity index (χ1) is 39.7. The van der Waals surface area contributed by atoms with Crippen LogP contribution in [0.15, 0.2) is 11.6 Å². The van der Waals surface area contributed by atoms with Crippen LogP contribution < -0.4 is 0 Å². The summed E-state index contributed by atoms with van der Waals surface area (Å²) >= 11 is 0. The molecular formula is C59H96O26. The molecular weight excluding hydrogens is 1120 g/mol. The lowest BCUT2D eigenvalue weighted by Gasteiger charge is -2.71. The van der Waals surface area contributed by atoms with Gasteiger partial charge < -0.3 is 124 Å². The average molecular weight is 1220 g/mol. The average Bonchev–Trinajstić information content (AvgIpc) is 0.738. The second-order valence-corrected chi connectivity index (χ2v) is 28.7. The summed E-state index contributed by atoms with van der Waals surface area (Å²) < 4.78 is 60.7. The van der Waals surface area contributed by atoms with Crippen molar-refractivity contribution < 1.29 is 129 Å². The minimum atomic E-state index is -1.87. The predicted molar refractivity (Wildman–Crippen MR) is 288 cm³/mol. The van der Waals surface area contributed by atoms with Crippen LogP contribution in [0.25, 0.3) is 0 Å². The van der Waals surface area contributed by atoms with Gasteiger partial charge in [-0.1, -0.05) is 60.1 Å². The summed E-state index contributed by atoms with van der Waals surface area (Å²) in [4.78, 5) is 15.4.